The van der Waals surface area contributed by atoms with Crippen LogP contribution in [-0.4, -0.2) is 54.3 Å². The first-order valence-corrected chi connectivity index (χ1v) is 11.8. The number of halogens is 1. The number of para-hydroxylation sites is 1. The van der Waals surface area contributed by atoms with Crippen LogP contribution in [-0.2, 0) is 17.6 Å². The Kier molecular flexibility index (Phi) is 7.86. The van der Waals surface area contributed by atoms with E-state index in [0.29, 0.717) is 19.6 Å². The number of nitrogens with zero attached hydrogens (tertiary/aromatic N) is 2. The van der Waals surface area contributed by atoms with Crippen molar-refractivity contribution in [2.24, 2.45) is 0 Å². The van der Waals surface area contributed by atoms with Crippen LogP contribution >= 0.6 is 27.3 Å². The molecule has 5 nitrogen and oxygen atoms in total. The van der Waals surface area contributed by atoms with Gasteiger partial charge in [-0.25, -0.2) is 0 Å². The Balaban J connectivity index is 1.58. The van der Waals surface area contributed by atoms with Crippen LogP contribution in [0.4, 0.5) is 5.69 Å². The zero-order valence-electron chi connectivity index (χ0n) is 17.0. The molecule has 0 unspecified atom stereocenters. The lowest BCUT2D eigenvalue weighted by Crippen LogP contribution is -2.38. The van der Waals surface area contributed by atoms with E-state index in [1.54, 1.807) is 0 Å². The number of benzene rings is 1. The van der Waals surface area contributed by atoms with Gasteiger partial charge in [0, 0.05) is 31.9 Å². The Labute approximate surface area is 185 Å². The van der Waals surface area contributed by atoms with E-state index in [2.05, 4.69) is 58.2 Å². The first kappa shape index (κ1) is 22.0. The molecule has 3 rings (SSSR count). The van der Waals surface area contributed by atoms with Crippen molar-refractivity contribution in [3.05, 3.63) is 50.1 Å². The molecule has 1 aliphatic heterocycles. The molecule has 2 heterocycles. The van der Waals surface area contributed by atoms with Gasteiger partial charge < -0.3 is 10.2 Å². The van der Waals surface area contributed by atoms with Crippen LogP contribution in [0.3, 0.4) is 0 Å². The van der Waals surface area contributed by atoms with Gasteiger partial charge in [-0.05, 0) is 58.5 Å². The Hall–Kier alpha value is -1.70. The molecule has 1 N–H and O–H groups in total. The summed E-state index contributed by atoms with van der Waals surface area (Å²) >= 11 is 4.88. The number of carbonyl (C=O) groups is 2. The molecule has 0 aliphatic carbocycles. The van der Waals surface area contributed by atoms with Crippen LogP contribution in [0.15, 0.2) is 34.1 Å². The van der Waals surface area contributed by atoms with Crippen molar-refractivity contribution in [3.63, 3.8) is 0 Å². The topological polar surface area (TPSA) is 52.7 Å². The van der Waals surface area contributed by atoms with E-state index in [9.17, 15) is 9.59 Å². The maximum Gasteiger partial charge on any atom is 0.264 e. The van der Waals surface area contributed by atoms with Crippen LogP contribution in [0.1, 0.15) is 41.1 Å². The van der Waals surface area contributed by atoms with Gasteiger partial charge in [0.2, 0.25) is 5.91 Å². The molecule has 1 saturated heterocycles. The molecule has 0 atom stereocenters. The maximum atomic E-state index is 12.7. The second-order valence-electron chi connectivity index (χ2n) is 7.23. The smallest absolute Gasteiger partial charge is 0.264 e. The molecule has 1 fully saturated rings. The lowest BCUT2D eigenvalue weighted by Gasteiger charge is -2.22. The quantitative estimate of drug-likeness (QED) is 0.669. The average Bonchev–Trinajstić information content (AvgIpc) is 3.02. The first-order valence-electron chi connectivity index (χ1n) is 10.2. The number of amides is 2. The van der Waals surface area contributed by atoms with Crippen LogP contribution in [0, 0.1) is 0 Å². The summed E-state index contributed by atoms with van der Waals surface area (Å²) in [5.41, 5.74) is 3.32. The highest BCUT2D eigenvalue weighted by molar-refractivity contribution is 9.11. The number of hydrogen-bond donors (Lipinski definition) is 1. The molecule has 1 aromatic heterocycles. The molecular weight excluding hydrogens is 450 g/mol. The normalized spacial score (nSPS) is 15.2. The summed E-state index contributed by atoms with van der Waals surface area (Å²) in [4.78, 5) is 30.2. The van der Waals surface area contributed by atoms with Gasteiger partial charge in [-0.15, -0.1) is 11.3 Å². The Bertz CT molecular complexity index is 845. The number of anilines is 1. The molecular formula is C22H28BrN3O2S. The highest BCUT2D eigenvalue weighted by Gasteiger charge is 2.22. The third-order valence-corrected chi connectivity index (χ3v) is 6.90. The number of rotatable bonds is 6. The standard InChI is InChI=1S/C22H28BrN3O2S/c1-3-16-7-5-8-17(4-2)21(16)24-20(27)15-25-11-6-12-26(14-13-25)22(28)18-9-10-19(23)29-18/h5,7-10H,3-4,6,11-15H2,1-2H3,(H,24,27). The predicted octanol–water partition coefficient (Wildman–Crippen LogP) is 4.42. The van der Waals surface area contributed by atoms with E-state index in [4.69, 9.17) is 0 Å². The second kappa shape index (κ2) is 10.4. The maximum absolute atomic E-state index is 12.7. The minimum atomic E-state index is 0.0163. The van der Waals surface area contributed by atoms with Crippen molar-refractivity contribution in [2.75, 3.05) is 38.0 Å². The molecule has 0 saturated carbocycles. The monoisotopic (exact) mass is 477 g/mol. The fourth-order valence-corrected chi connectivity index (χ4v) is 5.06. The Morgan fingerprint density at radius 3 is 2.38 bits per heavy atom. The minimum Gasteiger partial charge on any atom is -0.337 e. The summed E-state index contributed by atoms with van der Waals surface area (Å²) in [5, 5.41) is 3.15. The van der Waals surface area contributed by atoms with Crippen molar-refractivity contribution in [1.82, 2.24) is 9.80 Å². The molecule has 0 radical (unpaired) electrons. The van der Waals surface area contributed by atoms with Gasteiger partial charge in [-0.3, -0.25) is 14.5 Å². The Morgan fingerprint density at radius 1 is 1.03 bits per heavy atom. The molecule has 7 heteroatoms. The number of aryl methyl sites for hydroxylation is 2. The largest absolute Gasteiger partial charge is 0.337 e. The lowest BCUT2D eigenvalue weighted by atomic mass is 10.0. The average molecular weight is 478 g/mol. The van der Waals surface area contributed by atoms with E-state index >= 15 is 0 Å². The fourth-order valence-electron chi connectivity index (χ4n) is 3.70. The minimum absolute atomic E-state index is 0.0163. The van der Waals surface area contributed by atoms with Gasteiger partial charge >= 0.3 is 0 Å². The van der Waals surface area contributed by atoms with E-state index in [-0.39, 0.29) is 11.8 Å². The third kappa shape index (κ3) is 5.68. The summed E-state index contributed by atoms with van der Waals surface area (Å²) in [6.45, 7) is 7.48. The Morgan fingerprint density at radius 2 is 1.76 bits per heavy atom. The molecule has 1 aromatic carbocycles. The number of carbonyl (C=O) groups excluding carboxylic acids is 2. The number of thiophene rings is 1. The van der Waals surface area contributed by atoms with Gasteiger partial charge in [-0.2, -0.15) is 0 Å². The van der Waals surface area contributed by atoms with E-state index in [0.717, 1.165) is 46.7 Å². The SMILES string of the molecule is CCc1cccc(CC)c1NC(=O)CN1CCCN(C(=O)c2ccc(Br)s2)CC1. The highest BCUT2D eigenvalue weighted by Crippen LogP contribution is 2.24. The molecule has 2 amide bonds. The molecule has 0 spiro atoms. The number of hydrogen-bond acceptors (Lipinski definition) is 4. The van der Waals surface area contributed by atoms with Crippen molar-refractivity contribution in [3.8, 4) is 0 Å². The van der Waals surface area contributed by atoms with E-state index < -0.39 is 0 Å². The lowest BCUT2D eigenvalue weighted by molar-refractivity contribution is -0.117. The summed E-state index contributed by atoms with van der Waals surface area (Å²) in [7, 11) is 0. The first-order chi connectivity index (χ1) is 14.0. The zero-order chi connectivity index (χ0) is 20.8. The van der Waals surface area contributed by atoms with Crippen molar-refractivity contribution >= 4 is 44.8 Å². The summed E-state index contributed by atoms with van der Waals surface area (Å²) < 4.78 is 0.966. The molecule has 156 valence electrons. The van der Waals surface area contributed by atoms with Crippen LogP contribution in [0.2, 0.25) is 0 Å². The summed E-state index contributed by atoms with van der Waals surface area (Å²) in [6, 6.07) is 9.98. The number of nitrogens with one attached hydrogen (secondary N) is 1. The van der Waals surface area contributed by atoms with Crippen molar-refractivity contribution in [1.29, 1.82) is 0 Å². The van der Waals surface area contributed by atoms with Gasteiger partial charge in [0.05, 0.1) is 15.2 Å². The van der Waals surface area contributed by atoms with Crippen LogP contribution < -0.4 is 5.32 Å². The van der Waals surface area contributed by atoms with E-state index in [1.807, 2.05) is 17.0 Å². The second-order valence-corrected chi connectivity index (χ2v) is 9.70. The van der Waals surface area contributed by atoms with Gasteiger partial charge in [0.15, 0.2) is 0 Å². The van der Waals surface area contributed by atoms with Crippen LogP contribution in [0.5, 0.6) is 0 Å². The third-order valence-electron chi connectivity index (χ3n) is 5.29. The summed E-state index contributed by atoms with van der Waals surface area (Å²) in [5.74, 6) is 0.0963. The molecule has 1 aliphatic rings. The molecule has 29 heavy (non-hydrogen) atoms. The zero-order valence-corrected chi connectivity index (χ0v) is 19.4. The molecule has 0 bridgehead atoms. The molecule has 2 aromatic rings. The van der Waals surface area contributed by atoms with Gasteiger partial charge in [0.25, 0.3) is 5.91 Å². The highest BCUT2D eigenvalue weighted by atomic mass is 79.9. The fraction of sp³-hybridized carbons (Fsp3) is 0.455. The van der Waals surface area contributed by atoms with Crippen molar-refractivity contribution < 1.29 is 9.59 Å². The summed E-state index contributed by atoms with van der Waals surface area (Å²) in [6.07, 6.45) is 2.66. The van der Waals surface area contributed by atoms with Gasteiger partial charge in [-0.1, -0.05) is 32.0 Å². The predicted molar refractivity (Wildman–Crippen MR) is 123 cm³/mol. The van der Waals surface area contributed by atoms with E-state index in [1.165, 1.54) is 22.5 Å². The van der Waals surface area contributed by atoms with Crippen molar-refractivity contribution in [2.45, 2.75) is 33.1 Å². The van der Waals surface area contributed by atoms with Crippen LogP contribution in [0.25, 0.3) is 0 Å². The van der Waals surface area contributed by atoms with Gasteiger partial charge in [0.1, 0.15) is 0 Å².